The van der Waals surface area contributed by atoms with E-state index in [2.05, 4.69) is 20.8 Å². The van der Waals surface area contributed by atoms with Gasteiger partial charge in [0.2, 0.25) is 0 Å². The molecule has 0 nitrogen and oxygen atoms in total. The Morgan fingerprint density at radius 3 is 2.37 bits per heavy atom. The van der Waals surface area contributed by atoms with Gasteiger partial charge in [0.25, 0.3) is 0 Å². The molecule has 0 aromatic heterocycles. The van der Waals surface area contributed by atoms with Gasteiger partial charge in [0.1, 0.15) is 0 Å². The largest absolute Gasteiger partial charge is 0.0596 e. The van der Waals surface area contributed by atoms with E-state index in [0.717, 1.165) is 23.2 Å². The molecule has 0 aromatic carbocycles. The summed E-state index contributed by atoms with van der Waals surface area (Å²) in [5.74, 6) is 3.21. The predicted molar refractivity (Wildman–Crippen MR) is 81.0 cm³/mol. The van der Waals surface area contributed by atoms with Crippen molar-refractivity contribution in [1.82, 2.24) is 0 Å². The summed E-state index contributed by atoms with van der Waals surface area (Å²) in [6, 6.07) is 0. The van der Waals surface area contributed by atoms with Gasteiger partial charge in [-0.2, -0.15) is 0 Å². The minimum atomic E-state index is 0.615. The quantitative estimate of drug-likeness (QED) is 0.515. The van der Waals surface area contributed by atoms with E-state index in [1.807, 2.05) is 0 Å². The van der Waals surface area contributed by atoms with Gasteiger partial charge in [-0.25, -0.2) is 0 Å². The molecule has 0 radical (unpaired) electrons. The first-order valence-electron chi connectivity index (χ1n) is 8.96. The average Bonchev–Trinajstić information content (AvgIpc) is 2.64. The molecule has 0 aromatic rings. The molecular formula is C19H32. The molecule has 0 saturated heterocycles. The second-order valence-electron chi connectivity index (χ2n) is 9.54. The van der Waals surface area contributed by atoms with Crippen LogP contribution in [0, 0.1) is 34.0 Å². The van der Waals surface area contributed by atoms with Crippen molar-refractivity contribution in [1.29, 1.82) is 0 Å². The molecule has 0 N–H and O–H groups in total. The highest BCUT2D eigenvalue weighted by atomic mass is 14.7. The summed E-state index contributed by atoms with van der Waals surface area (Å²) in [7, 11) is 0. The molecule has 19 heavy (non-hydrogen) atoms. The van der Waals surface area contributed by atoms with Crippen molar-refractivity contribution >= 4 is 0 Å². The third-order valence-electron chi connectivity index (χ3n) is 8.35. The van der Waals surface area contributed by atoms with E-state index in [1.54, 1.807) is 44.9 Å². The summed E-state index contributed by atoms with van der Waals surface area (Å²) in [4.78, 5) is 0. The van der Waals surface area contributed by atoms with Crippen LogP contribution in [-0.2, 0) is 0 Å². The lowest BCUT2D eigenvalue weighted by Gasteiger charge is -2.64. The maximum absolute atomic E-state index is 2.71. The molecule has 0 heterocycles. The van der Waals surface area contributed by atoms with Crippen LogP contribution >= 0.6 is 0 Å². The van der Waals surface area contributed by atoms with Crippen molar-refractivity contribution in [2.24, 2.45) is 34.0 Å². The number of hydrogen-bond acceptors (Lipinski definition) is 0. The summed E-state index contributed by atoms with van der Waals surface area (Å²) in [6.45, 7) is 7.86. The van der Waals surface area contributed by atoms with Crippen LogP contribution in [0.5, 0.6) is 0 Å². The molecule has 0 aliphatic heterocycles. The van der Waals surface area contributed by atoms with Crippen LogP contribution in [0.4, 0.5) is 0 Å². The fourth-order valence-corrected chi connectivity index (χ4v) is 7.71. The van der Waals surface area contributed by atoms with Crippen LogP contribution in [0.3, 0.4) is 0 Å². The molecule has 4 aliphatic carbocycles. The van der Waals surface area contributed by atoms with Crippen LogP contribution < -0.4 is 0 Å². The zero-order valence-electron chi connectivity index (χ0n) is 13.3. The Hall–Kier alpha value is 0. The molecule has 4 saturated carbocycles. The van der Waals surface area contributed by atoms with E-state index in [0.29, 0.717) is 10.8 Å². The van der Waals surface area contributed by atoms with Crippen LogP contribution in [-0.4, -0.2) is 0 Å². The average molecular weight is 260 g/mol. The van der Waals surface area contributed by atoms with Crippen molar-refractivity contribution in [2.75, 3.05) is 0 Å². The molecule has 1 spiro atoms. The van der Waals surface area contributed by atoms with E-state index < -0.39 is 0 Å². The second kappa shape index (κ2) is 3.80. The van der Waals surface area contributed by atoms with E-state index in [1.165, 1.54) is 19.3 Å². The van der Waals surface area contributed by atoms with Crippen molar-refractivity contribution in [3.8, 4) is 0 Å². The summed E-state index contributed by atoms with van der Waals surface area (Å²) in [5, 5.41) is 0. The summed E-state index contributed by atoms with van der Waals surface area (Å²) >= 11 is 0. The van der Waals surface area contributed by atoms with Gasteiger partial charge in [0, 0.05) is 0 Å². The van der Waals surface area contributed by atoms with Crippen molar-refractivity contribution in [3.05, 3.63) is 0 Å². The van der Waals surface area contributed by atoms with Crippen molar-refractivity contribution < 1.29 is 0 Å². The van der Waals surface area contributed by atoms with Gasteiger partial charge in [0.05, 0.1) is 0 Å². The fraction of sp³-hybridized carbons (Fsp3) is 1.00. The Morgan fingerprint density at radius 1 is 0.737 bits per heavy atom. The van der Waals surface area contributed by atoms with E-state index in [-0.39, 0.29) is 0 Å². The fourth-order valence-electron chi connectivity index (χ4n) is 7.71. The molecule has 5 unspecified atom stereocenters. The van der Waals surface area contributed by atoms with Gasteiger partial charge in [-0.3, -0.25) is 0 Å². The number of fused-ring (bicyclic) bond motifs is 3. The normalized spacial score (nSPS) is 55.4. The lowest BCUT2D eigenvalue weighted by molar-refractivity contribution is -0.144. The number of rotatable bonds is 0. The van der Waals surface area contributed by atoms with Gasteiger partial charge in [-0.05, 0) is 85.4 Å². The van der Waals surface area contributed by atoms with Gasteiger partial charge >= 0.3 is 0 Å². The predicted octanol–water partition coefficient (Wildman–Crippen LogP) is 5.81. The Labute approximate surface area is 119 Å². The van der Waals surface area contributed by atoms with E-state index in [4.69, 9.17) is 0 Å². The molecule has 0 heteroatoms. The minimum absolute atomic E-state index is 0.615. The molecule has 4 rings (SSSR count). The first-order valence-corrected chi connectivity index (χ1v) is 8.96. The SMILES string of the molecule is CC1(C)CCCC2(C)C1CCC13CCC(CCC12)C3. The Morgan fingerprint density at radius 2 is 1.53 bits per heavy atom. The topological polar surface area (TPSA) is 0 Å². The lowest BCUT2D eigenvalue weighted by Crippen LogP contribution is -2.55. The highest BCUT2D eigenvalue weighted by Gasteiger charge is 2.62. The molecule has 4 aliphatic rings. The molecule has 5 atom stereocenters. The molecule has 0 amide bonds. The smallest absolute Gasteiger partial charge is 0.0259 e. The standard InChI is InChI=1S/C19H32/c1-17(2)9-4-10-18(3)15(17)8-12-19-11-7-14(13-19)5-6-16(18)19/h14-16H,4-13H2,1-3H3. The highest BCUT2D eigenvalue weighted by molar-refractivity contribution is 5.11. The summed E-state index contributed by atoms with van der Waals surface area (Å²) in [5.41, 5.74) is 2.11. The molecule has 4 fully saturated rings. The van der Waals surface area contributed by atoms with Gasteiger partial charge < -0.3 is 0 Å². The Kier molecular flexibility index (Phi) is 2.54. The van der Waals surface area contributed by atoms with Crippen molar-refractivity contribution in [3.63, 3.8) is 0 Å². The number of hydrogen-bond donors (Lipinski definition) is 0. The van der Waals surface area contributed by atoms with Gasteiger partial charge in [0.15, 0.2) is 0 Å². The third kappa shape index (κ3) is 1.58. The van der Waals surface area contributed by atoms with Crippen molar-refractivity contribution in [2.45, 2.75) is 85.0 Å². The zero-order valence-corrected chi connectivity index (χ0v) is 13.3. The second-order valence-corrected chi connectivity index (χ2v) is 9.54. The third-order valence-corrected chi connectivity index (χ3v) is 8.35. The van der Waals surface area contributed by atoms with E-state index in [9.17, 15) is 0 Å². The summed E-state index contributed by atoms with van der Waals surface area (Å²) < 4.78 is 0. The first kappa shape index (κ1) is 12.7. The maximum atomic E-state index is 2.71. The van der Waals surface area contributed by atoms with E-state index >= 15 is 0 Å². The Balaban J connectivity index is 1.73. The van der Waals surface area contributed by atoms with Crippen LogP contribution in [0.1, 0.15) is 85.0 Å². The highest BCUT2D eigenvalue weighted by Crippen LogP contribution is 2.71. The first-order chi connectivity index (χ1) is 8.96. The lowest BCUT2D eigenvalue weighted by atomic mass is 9.41. The monoisotopic (exact) mass is 260 g/mol. The van der Waals surface area contributed by atoms with Crippen LogP contribution in [0.2, 0.25) is 0 Å². The van der Waals surface area contributed by atoms with Gasteiger partial charge in [-0.15, -0.1) is 0 Å². The Bertz CT molecular complexity index is 381. The molecular weight excluding hydrogens is 228 g/mol. The van der Waals surface area contributed by atoms with Gasteiger partial charge in [-0.1, -0.05) is 33.6 Å². The maximum Gasteiger partial charge on any atom is -0.0259 e. The molecule has 108 valence electrons. The van der Waals surface area contributed by atoms with Crippen LogP contribution in [0.25, 0.3) is 0 Å². The minimum Gasteiger partial charge on any atom is -0.0596 e. The molecule has 2 bridgehead atoms. The van der Waals surface area contributed by atoms with Crippen LogP contribution in [0.15, 0.2) is 0 Å². The summed E-state index contributed by atoms with van der Waals surface area (Å²) in [6.07, 6.45) is 15.6. The zero-order chi connectivity index (χ0) is 13.3.